The average Bonchev–Trinajstić information content (AvgIpc) is 3.23. The minimum atomic E-state index is -1.24. The number of carbonyl (C=O) groups is 1. The maximum absolute atomic E-state index is 14.2. The number of hydrogen-bond acceptors (Lipinski definition) is 7. The summed E-state index contributed by atoms with van der Waals surface area (Å²) in [6.45, 7) is 4.85. The van der Waals surface area contributed by atoms with Gasteiger partial charge in [0.2, 0.25) is 0 Å². The van der Waals surface area contributed by atoms with Crippen LogP contribution < -0.4 is 14.8 Å². The van der Waals surface area contributed by atoms with Gasteiger partial charge in [-0.25, -0.2) is 13.8 Å². The number of pyridine rings is 1. The zero-order valence-electron chi connectivity index (χ0n) is 21.6. The maximum Gasteiger partial charge on any atom is 0.265 e. The van der Waals surface area contributed by atoms with Crippen molar-refractivity contribution >= 4 is 52.2 Å². The van der Waals surface area contributed by atoms with E-state index in [1.54, 1.807) is 44.2 Å². The molecule has 2 heterocycles. The van der Waals surface area contributed by atoms with Crippen molar-refractivity contribution in [2.24, 2.45) is 0 Å². The average molecular weight is 590 g/mol. The molecule has 0 aliphatic heterocycles. The topological polar surface area (TPSA) is 83.5 Å². The van der Waals surface area contributed by atoms with Crippen molar-refractivity contribution in [2.45, 2.75) is 33.0 Å². The molecular formula is C28H26ClF2N3O3S2. The molecule has 0 atom stereocenters. The summed E-state index contributed by atoms with van der Waals surface area (Å²) in [4.78, 5) is 18.5. The number of aromatic nitrogens is 1. The normalized spacial score (nSPS) is 11.4. The van der Waals surface area contributed by atoms with E-state index in [0.717, 1.165) is 16.8 Å². The first-order valence-electron chi connectivity index (χ1n) is 11.8. The fourth-order valence-corrected chi connectivity index (χ4v) is 5.35. The molecule has 6 nitrogen and oxygen atoms in total. The van der Waals surface area contributed by atoms with Crippen LogP contribution in [0, 0.1) is 18.6 Å². The lowest BCUT2D eigenvalue weighted by atomic mass is 9.96. The summed E-state index contributed by atoms with van der Waals surface area (Å²) in [7, 11) is 0. The second-order valence-electron chi connectivity index (χ2n) is 9.27. The molecule has 0 bridgehead atoms. The quantitative estimate of drug-likeness (QED) is 0.173. The number of aryl methyl sites for hydroxylation is 1. The smallest absolute Gasteiger partial charge is 0.265 e. The first-order valence-corrected chi connectivity index (χ1v) is 14.2. The highest BCUT2D eigenvalue weighted by Crippen LogP contribution is 2.36. The highest BCUT2D eigenvalue weighted by molar-refractivity contribution is 7.99. The third-order valence-corrected chi connectivity index (χ3v) is 7.36. The summed E-state index contributed by atoms with van der Waals surface area (Å²) >= 11 is 8.84. The molecule has 0 fully saturated rings. The van der Waals surface area contributed by atoms with Crippen LogP contribution >= 0.6 is 34.9 Å². The predicted octanol–water partition coefficient (Wildman–Crippen LogP) is 7.80. The second-order valence-corrected chi connectivity index (χ2v) is 11.6. The molecule has 2 aromatic carbocycles. The van der Waals surface area contributed by atoms with E-state index in [2.05, 4.69) is 15.0 Å². The van der Waals surface area contributed by atoms with Crippen LogP contribution in [-0.2, 0) is 12.2 Å². The van der Waals surface area contributed by atoms with Crippen LogP contribution in [0.1, 0.15) is 39.5 Å². The zero-order valence-corrected chi connectivity index (χ0v) is 24.0. The van der Waals surface area contributed by atoms with Crippen molar-refractivity contribution in [3.63, 3.8) is 0 Å². The van der Waals surface area contributed by atoms with Gasteiger partial charge >= 0.3 is 0 Å². The number of benzene rings is 2. The van der Waals surface area contributed by atoms with Crippen molar-refractivity contribution in [1.82, 2.24) is 4.98 Å². The van der Waals surface area contributed by atoms with Gasteiger partial charge in [-0.2, -0.15) is 0 Å². The van der Waals surface area contributed by atoms with E-state index in [-0.39, 0.29) is 18.3 Å². The third kappa shape index (κ3) is 7.27. The number of anilines is 2. The van der Waals surface area contributed by atoms with Gasteiger partial charge in [0.05, 0.1) is 16.7 Å². The number of amides is 1. The zero-order chi connectivity index (χ0) is 28.3. The van der Waals surface area contributed by atoms with Crippen LogP contribution in [0.4, 0.5) is 20.2 Å². The van der Waals surface area contributed by atoms with Crippen molar-refractivity contribution in [1.29, 1.82) is 0 Å². The molecule has 0 aliphatic rings. The van der Waals surface area contributed by atoms with Crippen molar-refractivity contribution < 1.29 is 23.4 Å². The fourth-order valence-electron chi connectivity index (χ4n) is 3.84. The highest BCUT2D eigenvalue weighted by atomic mass is 35.5. The molecule has 0 saturated heterocycles. The molecule has 4 aromatic rings. The van der Waals surface area contributed by atoms with Crippen molar-refractivity contribution in [2.75, 3.05) is 16.3 Å². The van der Waals surface area contributed by atoms with E-state index in [4.69, 9.17) is 16.3 Å². The lowest BCUT2D eigenvalue weighted by molar-refractivity contribution is 0.0780. The van der Waals surface area contributed by atoms with Gasteiger partial charge in [0.1, 0.15) is 29.7 Å². The number of aliphatic hydroxyl groups is 1. The Balaban J connectivity index is 1.59. The summed E-state index contributed by atoms with van der Waals surface area (Å²) in [6.07, 6.45) is 2.95. The van der Waals surface area contributed by atoms with E-state index in [9.17, 15) is 18.7 Å². The number of nitrogens with zero attached hydrogens (tertiary/aromatic N) is 1. The van der Waals surface area contributed by atoms with Gasteiger partial charge in [-0.05, 0) is 74.4 Å². The Morgan fingerprint density at radius 2 is 1.85 bits per heavy atom. The fraction of sp³-hybridized carbons (Fsp3) is 0.214. The van der Waals surface area contributed by atoms with Crippen LogP contribution in [0.25, 0.3) is 11.3 Å². The van der Waals surface area contributed by atoms with Crippen molar-refractivity contribution in [3.05, 3.63) is 92.3 Å². The predicted molar refractivity (Wildman–Crippen MR) is 155 cm³/mol. The Labute approximate surface area is 238 Å². The molecule has 204 valence electrons. The Kier molecular flexibility index (Phi) is 8.80. The van der Waals surface area contributed by atoms with Gasteiger partial charge in [0.25, 0.3) is 5.91 Å². The second kappa shape index (κ2) is 11.9. The highest BCUT2D eigenvalue weighted by Gasteiger charge is 2.20. The minimum absolute atomic E-state index is 0.0866. The molecule has 3 N–H and O–H groups in total. The molecule has 4 rings (SSSR count). The van der Waals surface area contributed by atoms with E-state index < -0.39 is 17.2 Å². The Morgan fingerprint density at radius 3 is 2.56 bits per heavy atom. The lowest BCUT2D eigenvalue weighted by Gasteiger charge is -2.19. The van der Waals surface area contributed by atoms with Crippen LogP contribution in [0.3, 0.4) is 0 Å². The number of hydrogen-bond donors (Lipinski definition) is 3. The number of nitrogens with one attached hydrogen (secondary N) is 2. The lowest BCUT2D eigenvalue weighted by Crippen LogP contribution is -2.16. The number of halogens is 3. The number of thiophene rings is 1. The summed E-state index contributed by atoms with van der Waals surface area (Å²) in [5.41, 5.74) is 1.83. The number of carbonyl (C=O) groups excluding carboxylic acids is 1. The molecule has 0 saturated carbocycles. The van der Waals surface area contributed by atoms with E-state index in [1.807, 2.05) is 13.2 Å². The number of ether oxygens (including phenoxy) is 1. The summed E-state index contributed by atoms with van der Waals surface area (Å²) < 4.78 is 37.3. The Morgan fingerprint density at radius 1 is 1.10 bits per heavy atom. The minimum Gasteiger partial charge on any atom is -0.487 e. The van der Waals surface area contributed by atoms with E-state index in [0.29, 0.717) is 38.0 Å². The van der Waals surface area contributed by atoms with E-state index >= 15 is 0 Å². The summed E-state index contributed by atoms with van der Waals surface area (Å²) in [5.74, 6) is -1.33. The van der Waals surface area contributed by atoms with Crippen molar-refractivity contribution in [3.8, 4) is 17.0 Å². The van der Waals surface area contributed by atoms with Gasteiger partial charge in [0.15, 0.2) is 0 Å². The molecule has 11 heteroatoms. The maximum atomic E-state index is 14.2. The number of rotatable bonds is 9. The van der Waals surface area contributed by atoms with Gasteiger partial charge in [0, 0.05) is 39.2 Å². The van der Waals surface area contributed by atoms with Gasteiger partial charge in [-0.15, -0.1) is 11.3 Å². The molecule has 0 aliphatic carbocycles. The van der Waals surface area contributed by atoms with Gasteiger partial charge in [-0.3, -0.25) is 4.79 Å². The van der Waals surface area contributed by atoms with Gasteiger partial charge < -0.3 is 19.9 Å². The Bertz CT molecular complexity index is 1520. The van der Waals surface area contributed by atoms with Gasteiger partial charge in [-0.1, -0.05) is 23.5 Å². The first kappa shape index (κ1) is 28.8. The Hall–Kier alpha value is -3.18. The molecular weight excluding hydrogens is 564 g/mol. The van der Waals surface area contributed by atoms with Crippen LogP contribution in [-0.4, -0.2) is 22.3 Å². The molecule has 39 heavy (non-hydrogen) atoms. The first-order chi connectivity index (χ1) is 18.4. The standard InChI is InChI=1S/C28H26ClF2N3O3S2/c1-15-23(12-25(39-15)27(35)33-21-8-18(29)9-22(11-21)34-38-4)26-24(10-20(31)13-32-26)37-14-16-5-17(28(2,3)36)7-19(30)6-16/h5-13,34,36H,14H2,1-4H3,(H,33,35). The molecule has 0 spiro atoms. The van der Waals surface area contributed by atoms with Crippen LogP contribution in [0.15, 0.2) is 54.7 Å². The molecule has 1 amide bonds. The van der Waals surface area contributed by atoms with Crippen LogP contribution in [0.2, 0.25) is 5.02 Å². The molecule has 0 radical (unpaired) electrons. The monoisotopic (exact) mass is 589 g/mol. The summed E-state index contributed by atoms with van der Waals surface area (Å²) in [6, 6.07) is 12.2. The third-order valence-electron chi connectivity index (χ3n) is 5.65. The largest absolute Gasteiger partial charge is 0.487 e. The molecule has 0 unspecified atom stereocenters. The van der Waals surface area contributed by atoms with Crippen LogP contribution in [0.5, 0.6) is 5.75 Å². The molecule has 2 aromatic heterocycles. The summed E-state index contributed by atoms with van der Waals surface area (Å²) in [5, 5.41) is 13.6. The SMILES string of the molecule is CSNc1cc(Cl)cc(NC(=O)c2cc(-c3ncc(F)cc3OCc3cc(F)cc(C(C)(C)O)c3)c(C)s2)c1. The van der Waals surface area contributed by atoms with E-state index in [1.165, 1.54) is 41.5 Å².